The predicted octanol–water partition coefficient (Wildman–Crippen LogP) is 0.854. The standard InChI is InChI=1S/C15H19FN2O4S/c1-10-17-15(11-6-4-5-7-12(11)16)9-22-14(2,19)8-13(15)23(20,21)18(10)3/h4-7,13,17,19H,1,8-9H2,2-3H3/t13?,14?,15-/m1/s1. The fourth-order valence-corrected chi connectivity index (χ4v) is 5.25. The molecule has 6 nitrogen and oxygen atoms in total. The number of sulfonamides is 1. The second kappa shape index (κ2) is 4.93. The third-order valence-corrected chi connectivity index (χ3v) is 6.84. The van der Waals surface area contributed by atoms with Crippen molar-refractivity contribution in [3.63, 3.8) is 0 Å². The van der Waals surface area contributed by atoms with Gasteiger partial charge in [-0.25, -0.2) is 12.8 Å². The minimum atomic E-state index is -3.84. The van der Waals surface area contributed by atoms with E-state index in [0.717, 1.165) is 4.31 Å². The van der Waals surface area contributed by atoms with Gasteiger partial charge >= 0.3 is 0 Å². The maximum atomic E-state index is 14.4. The molecule has 2 unspecified atom stereocenters. The third kappa shape index (κ3) is 2.32. The van der Waals surface area contributed by atoms with Gasteiger partial charge in [-0.2, -0.15) is 0 Å². The molecule has 2 fully saturated rings. The lowest BCUT2D eigenvalue weighted by Gasteiger charge is -2.53. The molecule has 23 heavy (non-hydrogen) atoms. The molecule has 0 spiro atoms. The summed E-state index contributed by atoms with van der Waals surface area (Å²) in [5, 5.41) is 12.1. The molecule has 3 rings (SSSR count). The van der Waals surface area contributed by atoms with E-state index in [1.165, 1.54) is 32.2 Å². The largest absolute Gasteiger partial charge is 0.366 e. The van der Waals surface area contributed by atoms with Crippen LogP contribution in [0, 0.1) is 5.82 Å². The number of hydrogen-bond acceptors (Lipinski definition) is 5. The Bertz CT molecular complexity index is 764. The fraction of sp³-hybridized carbons (Fsp3) is 0.467. The molecule has 0 amide bonds. The van der Waals surface area contributed by atoms with Gasteiger partial charge in [-0.3, -0.25) is 4.31 Å². The normalized spacial score (nSPS) is 36.3. The second-order valence-electron chi connectivity index (χ2n) is 6.19. The Labute approximate surface area is 134 Å². The van der Waals surface area contributed by atoms with Gasteiger partial charge in [0.2, 0.25) is 10.0 Å². The summed E-state index contributed by atoms with van der Waals surface area (Å²) in [6.07, 6.45) is -0.186. The average Bonchev–Trinajstić information content (AvgIpc) is 2.47. The van der Waals surface area contributed by atoms with E-state index in [-0.39, 0.29) is 24.4 Å². The van der Waals surface area contributed by atoms with Crippen LogP contribution in [0.4, 0.5) is 4.39 Å². The zero-order valence-corrected chi connectivity index (χ0v) is 13.7. The number of benzene rings is 1. The van der Waals surface area contributed by atoms with E-state index < -0.39 is 32.4 Å². The molecule has 0 radical (unpaired) electrons. The minimum Gasteiger partial charge on any atom is -0.366 e. The van der Waals surface area contributed by atoms with Gasteiger partial charge in [0.15, 0.2) is 5.79 Å². The first-order valence-electron chi connectivity index (χ1n) is 7.16. The molecular weight excluding hydrogens is 323 g/mol. The van der Waals surface area contributed by atoms with Crippen LogP contribution in [0.15, 0.2) is 36.7 Å². The van der Waals surface area contributed by atoms with Crippen molar-refractivity contribution in [2.75, 3.05) is 13.7 Å². The maximum Gasteiger partial charge on any atom is 0.241 e. The first-order valence-corrected chi connectivity index (χ1v) is 8.67. The SMILES string of the molecule is C=C1N[C@@]2(c3ccccc3F)COC(C)(O)CC2S(=O)(=O)N1C. The van der Waals surface area contributed by atoms with Gasteiger partial charge in [-0.1, -0.05) is 24.8 Å². The summed E-state index contributed by atoms with van der Waals surface area (Å²) in [6, 6.07) is 5.95. The Kier molecular flexibility index (Phi) is 3.48. The molecule has 0 aliphatic carbocycles. The van der Waals surface area contributed by atoms with E-state index in [1.807, 2.05) is 0 Å². The topological polar surface area (TPSA) is 78.9 Å². The van der Waals surface area contributed by atoms with Gasteiger partial charge < -0.3 is 15.2 Å². The van der Waals surface area contributed by atoms with Crippen molar-refractivity contribution in [3.05, 3.63) is 48.0 Å². The van der Waals surface area contributed by atoms with Gasteiger partial charge in [-0.15, -0.1) is 0 Å². The maximum absolute atomic E-state index is 14.4. The van der Waals surface area contributed by atoms with E-state index in [9.17, 15) is 17.9 Å². The van der Waals surface area contributed by atoms with Gasteiger partial charge in [0.05, 0.1) is 6.61 Å². The number of aliphatic hydroxyl groups is 1. The number of rotatable bonds is 1. The van der Waals surface area contributed by atoms with Crippen molar-refractivity contribution in [2.45, 2.75) is 29.9 Å². The van der Waals surface area contributed by atoms with E-state index >= 15 is 0 Å². The quantitative estimate of drug-likeness (QED) is 0.791. The zero-order chi connectivity index (χ0) is 17.0. The summed E-state index contributed by atoms with van der Waals surface area (Å²) in [7, 11) is -2.47. The van der Waals surface area contributed by atoms with Crippen molar-refractivity contribution >= 4 is 10.0 Å². The van der Waals surface area contributed by atoms with Crippen LogP contribution in [0.3, 0.4) is 0 Å². The summed E-state index contributed by atoms with van der Waals surface area (Å²) in [4.78, 5) is 0. The first kappa shape index (κ1) is 16.2. The van der Waals surface area contributed by atoms with Crippen molar-refractivity contribution in [2.24, 2.45) is 0 Å². The number of ether oxygens (including phenoxy) is 1. The molecule has 1 aromatic carbocycles. The highest BCUT2D eigenvalue weighted by Gasteiger charge is 2.59. The van der Waals surface area contributed by atoms with Gasteiger partial charge in [0.25, 0.3) is 0 Å². The Morgan fingerprint density at radius 3 is 2.78 bits per heavy atom. The van der Waals surface area contributed by atoms with E-state index in [0.29, 0.717) is 0 Å². The molecule has 3 atom stereocenters. The lowest BCUT2D eigenvalue weighted by Crippen LogP contribution is -2.69. The lowest BCUT2D eigenvalue weighted by atomic mass is 9.81. The summed E-state index contributed by atoms with van der Waals surface area (Å²) in [6.45, 7) is 4.92. The Morgan fingerprint density at radius 2 is 2.13 bits per heavy atom. The highest BCUT2D eigenvalue weighted by molar-refractivity contribution is 7.90. The summed E-state index contributed by atoms with van der Waals surface area (Å²) < 4.78 is 46.6. The smallest absolute Gasteiger partial charge is 0.241 e. The third-order valence-electron chi connectivity index (χ3n) is 4.57. The number of nitrogens with zero attached hydrogens (tertiary/aromatic N) is 1. The molecule has 8 heteroatoms. The van der Waals surface area contributed by atoms with Crippen LogP contribution in [0.2, 0.25) is 0 Å². The number of hydrogen-bond donors (Lipinski definition) is 2. The number of nitrogens with one attached hydrogen (secondary N) is 1. The van der Waals surface area contributed by atoms with Crippen molar-refractivity contribution < 1.29 is 22.7 Å². The highest BCUT2D eigenvalue weighted by atomic mass is 32.2. The van der Waals surface area contributed by atoms with Crippen LogP contribution < -0.4 is 5.32 Å². The number of fused-ring (bicyclic) bond motifs is 1. The van der Waals surface area contributed by atoms with Gasteiger partial charge in [0.1, 0.15) is 22.4 Å². The molecule has 2 aliphatic rings. The molecule has 0 saturated carbocycles. The molecule has 0 bridgehead atoms. The molecule has 126 valence electrons. The lowest BCUT2D eigenvalue weighted by molar-refractivity contribution is -0.231. The number of halogens is 1. The molecule has 0 aromatic heterocycles. The van der Waals surface area contributed by atoms with E-state index in [4.69, 9.17) is 4.74 Å². The van der Waals surface area contributed by atoms with Gasteiger partial charge in [0, 0.05) is 19.0 Å². The Morgan fingerprint density at radius 1 is 1.48 bits per heavy atom. The second-order valence-corrected chi connectivity index (χ2v) is 8.34. The molecular formula is C15H19FN2O4S. The average molecular weight is 342 g/mol. The first-order chi connectivity index (χ1) is 10.6. The van der Waals surface area contributed by atoms with E-state index in [1.54, 1.807) is 6.07 Å². The fourth-order valence-electron chi connectivity index (χ4n) is 3.24. The van der Waals surface area contributed by atoms with Crippen LogP contribution in [0.25, 0.3) is 0 Å². The molecule has 1 aromatic rings. The summed E-state index contributed by atoms with van der Waals surface area (Å²) in [5.74, 6) is -2.01. The minimum absolute atomic E-state index is 0.134. The van der Waals surface area contributed by atoms with Crippen LogP contribution in [-0.4, -0.2) is 42.5 Å². The van der Waals surface area contributed by atoms with Crippen molar-refractivity contribution in [3.8, 4) is 0 Å². The monoisotopic (exact) mass is 342 g/mol. The molecule has 2 heterocycles. The van der Waals surface area contributed by atoms with Crippen molar-refractivity contribution in [1.82, 2.24) is 9.62 Å². The summed E-state index contributed by atoms with van der Waals surface area (Å²) in [5.41, 5.74) is -1.16. The predicted molar refractivity (Wildman–Crippen MR) is 82.0 cm³/mol. The Hall–Kier alpha value is -1.64. The van der Waals surface area contributed by atoms with E-state index in [2.05, 4.69) is 11.9 Å². The van der Waals surface area contributed by atoms with Gasteiger partial charge in [-0.05, 0) is 13.0 Å². The Balaban J connectivity index is 2.23. The van der Waals surface area contributed by atoms with Crippen LogP contribution in [0.1, 0.15) is 18.9 Å². The van der Waals surface area contributed by atoms with Crippen LogP contribution >= 0.6 is 0 Å². The zero-order valence-electron chi connectivity index (χ0n) is 12.9. The molecule has 2 saturated heterocycles. The van der Waals surface area contributed by atoms with Crippen LogP contribution in [-0.2, 0) is 20.3 Å². The summed E-state index contributed by atoms with van der Waals surface area (Å²) >= 11 is 0. The van der Waals surface area contributed by atoms with Crippen LogP contribution in [0.5, 0.6) is 0 Å². The molecule has 2 N–H and O–H groups in total. The van der Waals surface area contributed by atoms with Crippen molar-refractivity contribution in [1.29, 1.82) is 0 Å². The molecule has 2 aliphatic heterocycles. The highest BCUT2D eigenvalue weighted by Crippen LogP contribution is 2.45.